The molecule has 2 N–H and O–H groups in total. The van der Waals surface area contributed by atoms with Gasteiger partial charge in [-0.15, -0.1) is 0 Å². The van der Waals surface area contributed by atoms with Gasteiger partial charge in [-0.05, 0) is 37.5 Å². The van der Waals surface area contributed by atoms with Gasteiger partial charge in [-0.2, -0.15) is 4.37 Å². The molecule has 0 atom stereocenters. The molecule has 0 saturated carbocycles. The standard InChI is InChI=1S/C13H14N4S/c1-8-10(9(2)18-17-8)7-14-13-15-11-5-3-4-6-12(11)16-13/h3-6H,7H2,1-2H3,(H2,14,15,16). The van der Waals surface area contributed by atoms with Crippen LogP contribution in [0, 0.1) is 13.8 Å². The van der Waals surface area contributed by atoms with E-state index in [1.165, 1.54) is 10.4 Å². The van der Waals surface area contributed by atoms with E-state index < -0.39 is 0 Å². The van der Waals surface area contributed by atoms with Gasteiger partial charge >= 0.3 is 0 Å². The van der Waals surface area contributed by atoms with E-state index in [0.717, 1.165) is 29.2 Å². The second-order valence-electron chi connectivity index (χ2n) is 4.26. The zero-order valence-electron chi connectivity index (χ0n) is 10.3. The van der Waals surface area contributed by atoms with Gasteiger partial charge < -0.3 is 10.3 Å². The van der Waals surface area contributed by atoms with Gasteiger partial charge in [-0.25, -0.2) is 4.98 Å². The largest absolute Gasteiger partial charge is 0.352 e. The Morgan fingerprint density at radius 3 is 2.83 bits per heavy atom. The molecule has 1 aromatic carbocycles. The number of rotatable bonds is 3. The monoisotopic (exact) mass is 258 g/mol. The highest BCUT2D eigenvalue weighted by Crippen LogP contribution is 2.19. The highest BCUT2D eigenvalue weighted by molar-refractivity contribution is 7.05. The maximum atomic E-state index is 4.49. The van der Waals surface area contributed by atoms with E-state index in [9.17, 15) is 0 Å². The van der Waals surface area contributed by atoms with Gasteiger partial charge in [0.2, 0.25) is 5.95 Å². The Labute approximate surface area is 109 Å². The Morgan fingerprint density at radius 1 is 1.28 bits per heavy atom. The summed E-state index contributed by atoms with van der Waals surface area (Å²) in [5.41, 5.74) is 4.40. The second kappa shape index (κ2) is 4.42. The number of benzene rings is 1. The highest BCUT2D eigenvalue weighted by Gasteiger charge is 2.07. The Balaban J connectivity index is 1.81. The van der Waals surface area contributed by atoms with Crippen LogP contribution in [0.4, 0.5) is 5.95 Å². The fourth-order valence-corrected chi connectivity index (χ4v) is 2.68. The van der Waals surface area contributed by atoms with E-state index in [0.29, 0.717) is 0 Å². The third kappa shape index (κ3) is 1.97. The Kier molecular flexibility index (Phi) is 2.76. The van der Waals surface area contributed by atoms with Crippen molar-refractivity contribution in [3.8, 4) is 0 Å². The number of anilines is 1. The summed E-state index contributed by atoms with van der Waals surface area (Å²) in [6, 6.07) is 8.02. The Hall–Kier alpha value is -1.88. The molecule has 0 aliphatic carbocycles. The number of para-hydroxylation sites is 2. The molecule has 3 rings (SSSR count). The first-order valence-electron chi connectivity index (χ1n) is 5.84. The van der Waals surface area contributed by atoms with E-state index in [1.54, 1.807) is 11.5 Å². The first-order chi connectivity index (χ1) is 8.74. The zero-order chi connectivity index (χ0) is 12.5. The number of aromatic amines is 1. The van der Waals surface area contributed by atoms with Crippen LogP contribution in [0.2, 0.25) is 0 Å². The van der Waals surface area contributed by atoms with Gasteiger partial charge in [0.25, 0.3) is 0 Å². The van der Waals surface area contributed by atoms with E-state index in [-0.39, 0.29) is 0 Å². The lowest BCUT2D eigenvalue weighted by atomic mass is 10.2. The molecule has 2 heterocycles. The summed E-state index contributed by atoms with van der Waals surface area (Å²) >= 11 is 1.55. The van der Waals surface area contributed by atoms with Crippen LogP contribution in [-0.4, -0.2) is 14.3 Å². The first-order valence-corrected chi connectivity index (χ1v) is 6.62. The summed E-state index contributed by atoms with van der Waals surface area (Å²) in [6.45, 7) is 4.90. The SMILES string of the molecule is Cc1nsc(C)c1CNc1nc2ccccc2[nH]1. The van der Waals surface area contributed by atoms with Crippen molar-refractivity contribution in [3.63, 3.8) is 0 Å². The minimum absolute atomic E-state index is 0.758. The fraction of sp³-hybridized carbons (Fsp3) is 0.231. The summed E-state index contributed by atoms with van der Waals surface area (Å²) in [4.78, 5) is 9.01. The van der Waals surface area contributed by atoms with Crippen LogP contribution in [-0.2, 0) is 6.54 Å². The van der Waals surface area contributed by atoms with Crippen molar-refractivity contribution in [1.82, 2.24) is 14.3 Å². The van der Waals surface area contributed by atoms with Crippen molar-refractivity contribution in [2.75, 3.05) is 5.32 Å². The molecule has 0 radical (unpaired) electrons. The van der Waals surface area contributed by atoms with Crippen LogP contribution < -0.4 is 5.32 Å². The van der Waals surface area contributed by atoms with E-state index >= 15 is 0 Å². The number of nitrogens with zero attached hydrogens (tertiary/aromatic N) is 2. The molecule has 0 amide bonds. The maximum Gasteiger partial charge on any atom is 0.201 e. The third-order valence-corrected chi connectivity index (χ3v) is 3.89. The third-order valence-electron chi connectivity index (χ3n) is 3.00. The molecular weight excluding hydrogens is 244 g/mol. The molecule has 0 bridgehead atoms. The molecule has 3 aromatic rings. The minimum atomic E-state index is 0.758. The van der Waals surface area contributed by atoms with Crippen molar-refractivity contribution in [2.24, 2.45) is 0 Å². The average molecular weight is 258 g/mol. The van der Waals surface area contributed by atoms with E-state index in [4.69, 9.17) is 0 Å². The van der Waals surface area contributed by atoms with Crippen molar-refractivity contribution in [2.45, 2.75) is 20.4 Å². The van der Waals surface area contributed by atoms with Gasteiger partial charge in [0.1, 0.15) is 0 Å². The molecule has 92 valence electrons. The molecule has 0 saturated heterocycles. The normalized spacial score (nSPS) is 11.0. The predicted octanol–water partition coefficient (Wildman–Crippen LogP) is 3.25. The lowest BCUT2D eigenvalue weighted by molar-refractivity contribution is 1.06. The number of hydrogen-bond donors (Lipinski definition) is 2. The first kappa shape index (κ1) is 11.2. The van der Waals surface area contributed by atoms with Crippen LogP contribution >= 0.6 is 11.5 Å². The summed E-state index contributed by atoms with van der Waals surface area (Å²) < 4.78 is 4.34. The van der Waals surface area contributed by atoms with Crippen molar-refractivity contribution < 1.29 is 0 Å². The lowest BCUT2D eigenvalue weighted by Crippen LogP contribution is -2.02. The summed E-state index contributed by atoms with van der Waals surface area (Å²) in [5.74, 6) is 0.807. The number of aromatic nitrogens is 3. The van der Waals surface area contributed by atoms with Gasteiger partial charge in [0, 0.05) is 17.0 Å². The molecule has 5 heteroatoms. The number of hydrogen-bond acceptors (Lipinski definition) is 4. The summed E-state index contributed by atoms with van der Waals surface area (Å²) in [6.07, 6.45) is 0. The minimum Gasteiger partial charge on any atom is -0.352 e. The molecule has 2 aromatic heterocycles. The van der Waals surface area contributed by atoms with Gasteiger partial charge in [-0.1, -0.05) is 12.1 Å². The quantitative estimate of drug-likeness (QED) is 0.758. The topological polar surface area (TPSA) is 53.6 Å². The van der Waals surface area contributed by atoms with E-state index in [2.05, 4.69) is 26.6 Å². The number of H-pyrrole nitrogens is 1. The van der Waals surface area contributed by atoms with Crippen LogP contribution in [0.15, 0.2) is 24.3 Å². The number of nitrogens with one attached hydrogen (secondary N) is 2. The number of imidazole rings is 1. The molecule has 0 aliphatic rings. The Bertz CT molecular complexity index is 631. The molecule has 0 spiro atoms. The molecule has 18 heavy (non-hydrogen) atoms. The van der Waals surface area contributed by atoms with E-state index in [1.807, 2.05) is 31.2 Å². The Morgan fingerprint density at radius 2 is 2.11 bits per heavy atom. The molecular formula is C13H14N4S. The van der Waals surface area contributed by atoms with Gasteiger partial charge in [0.05, 0.1) is 16.7 Å². The van der Waals surface area contributed by atoms with Crippen molar-refractivity contribution in [1.29, 1.82) is 0 Å². The van der Waals surface area contributed by atoms with Crippen molar-refractivity contribution >= 4 is 28.5 Å². The molecule has 0 unspecified atom stereocenters. The number of aryl methyl sites for hydroxylation is 2. The van der Waals surface area contributed by atoms with Gasteiger partial charge in [0.15, 0.2) is 0 Å². The fourth-order valence-electron chi connectivity index (χ4n) is 1.96. The number of fused-ring (bicyclic) bond motifs is 1. The average Bonchev–Trinajstić information content (AvgIpc) is 2.91. The van der Waals surface area contributed by atoms with Crippen molar-refractivity contribution in [3.05, 3.63) is 40.4 Å². The zero-order valence-corrected chi connectivity index (χ0v) is 11.1. The lowest BCUT2D eigenvalue weighted by Gasteiger charge is -2.02. The molecule has 4 nitrogen and oxygen atoms in total. The highest BCUT2D eigenvalue weighted by atomic mass is 32.1. The van der Waals surface area contributed by atoms with Crippen LogP contribution in [0.3, 0.4) is 0 Å². The smallest absolute Gasteiger partial charge is 0.201 e. The maximum absolute atomic E-state index is 4.49. The van der Waals surface area contributed by atoms with Crippen LogP contribution in [0.1, 0.15) is 16.1 Å². The van der Waals surface area contributed by atoms with Crippen LogP contribution in [0.5, 0.6) is 0 Å². The molecule has 0 aliphatic heterocycles. The predicted molar refractivity (Wildman–Crippen MR) is 75.0 cm³/mol. The van der Waals surface area contributed by atoms with Crippen LogP contribution in [0.25, 0.3) is 11.0 Å². The second-order valence-corrected chi connectivity index (χ2v) is 5.24. The summed E-state index contributed by atoms with van der Waals surface area (Å²) in [7, 11) is 0. The summed E-state index contributed by atoms with van der Waals surface area (Å²) in [5, 5.41) is 3.32. The molecule has 0 fully saturated rings. The van der Waals surface area contributed by atoms with Gasteiger partial charge in [-0.3, -0.25) is 0 Å².